The summed E-state index contributed by atoms with van der Waals surface area (Å²) in [5.41, 5.74) is 6.53. The molecule has 0 aliphatic carbocycles. The first-order chi connectivity index (χ1) is 8.15. The molecule has 2 rings (SSSR count). The lowest BCUT2D eigenvalue weighted by molar-refractivity contribution is 0.255. The van der Waals surface area contributed by atoms with Gasteiger partial charge in [-0.25, -0.2) is 4.79 Å². The van der Waals surface area contributed by atoms with Crippen LogP contribution in [0.5, 0.6) is 0 Å². The number of aryl methyl sites for hydroxylation is 1. The fraction of sp³-hybridized carbons (Fsp3) is 0.182. The molecule has 0 spiro atoms. The van der Waals surface area contributed by atoms with Gasteiger partial charge >= 0.3 is 6.03 Å². The summed E-state index contributed by atoms with van der Waals surface area (Å²) in [4.78, 5) is 10.6. The molecule has 0 bridgehead atoms. The number of fused-ring (bicyclic) bond motifs is 1. The van der Waals surface area contributed by atoms with E-state index in [9.17, 15) is 4.79 Å². The molecule has 0 saturated carbocycles. The topological polar surface area (TPSA) is 72.7 Å². The molecule has 1 heterocycles. The lowest BCUT2D eigenvalue weighted by Crippen LogP contribution is -2.01. The molecule has 1 aromatic carbocycles. The van der Waals surface area contributed by atoms with Crippen LogP contribution in [0.3, 0.4) is 0 Å². The minimum atomic E-state index is -0.814. The fourth-order valence-electron chi connectivity index (χ4n) is 1.79. The first-order valence-electron chi connectivity index (χ1n) is 5.16. The van der Waals surface area contributed by atoms with Gasteiger partial charge in [0.1, 0.15) is 10.7 Å². The van der Waals surface area contributed by atoms with E-state index in [0.29, 0.717) is 10.7 Å². The van der Waals surface area contributed by atoms with Crippen LogP contribution in [0.1, 0.15) is 6.92 Å². The monoisotopic (exact) mass is 248 g/mol. The van der Waals surface area contributed by atoms with Crippen molar-refractivity contribution in [3.63, 3.8) is 0 Å². The van der Waals surface area contributed by atoms with Crippen LogP contribution in [0.25, 0.3) is 10.9 Å². The van der Waals surface area contributed by atoms with E-state index in [4.69, 9.17) is 5.73 Å². The number of primary amides is 1. The highest BCUT2D eigenvalue weighted by Crippen LogP contribution is 2.35. The molecule has 0 radical (unpaired) electrons. The molecular formula is C11H12N4OS. The zero-order valence-electron chi connectivity index (χ0n) is 9.29. The van der Waals surface area contributed by atoms with Gasteiger partial charge in [0.25, 0.3) is 0 Å². The van der Waals surface area contributed by atoms with E-state index >= 15 is 0 Å². The third kappa shape index (κ3) is 2.03. The Kier molecular flexibility index (Phi) is 3.14. The zero-order chi connectivity index (χ0) is 12.4. The molecule has 2 N–H and O–H groups in total. The summed E-state index contributed by atoms with van der Waals surface area (Å²) in [6.07, 6.45) is 0. The molecule has 0 fully saturated rings. The molecule has 6 heteroatoms. The van der Waals surface area contributed by atoms with Crippen molar-refractivity contribution in [1.82, 2.24) is 4.57 Å². The number of amides is 2. The van der Waals surface area contributed by atoms with Crippen molar-refractivity contribution in [2.75, 3.05) is 0 Å². The van der Waals surface area contributed by atoms with Gasteiger partial charge in [-0.15, -0.1) is 17.7 Å². The van der Waals surface area contributed by atoms with Crippen molar-refractivity contribution < 1.29 is 4.79 Å². The van der Waals surface area contributed by atoms with Crippen LogP contribution in [0.2, 0.25) is 0 Å². The third-order valence-electron chi connectivity index (χ3n) is 2.48. The number of carbonyl (C=O) groups is 1. The van der Waals surface area contributed by atoms with E-state index in [0.717, 1.165) is 17.4 Å². The molecule has 17 heavy (non-hydrogen) atoms. The van der Waals surface area contributed by atoms with Crippen molar-refractivity contribution in [3.05, 3.63) is 24.3 Å². The Morgan fingerprint density at radius 3 is 2.82 bits per heavy atom. The number of benzene rings is 1. The Morgan fingerprint density at radius 1 is 1.47 bits per heavy atom. The predicted molar refractivity (Wildman–Crippen MR) is 69.0 cm³/mol. The SMILES string of the molecule is CCn1c(S)c(N=NC(N)=O)c2ccccc21. The molecule has 2 amide bonds. The highest BCUT2D eigenvalue weighted by molar-refractivity contribution is 7.80. The van der Waals surface area contributed by atoms with E-state index in [2.05, 4.69) is 22.9 Å². The summed E-state index contributed by atoms with van der Waals surface area (Å²) in [5.74, 6) is 0. The summed E-state index contributed by atoms with van der Waals surface area (Å²) < 4.78 is 1.99. The summed E-state index contributed by atoms with van der Waals surface area (Å²) in [6.45, 7) is 2.78. The maximum absolute atomic E-state index is 10.6. The van der Waals surface area contributed by atoms with Crippen molar-refractivity contribution in [1.29, 1.82) is 0 Å². The van der Waals surface area contributed by atoms with E-state index < -0.39 is 6.03 Å². The number of thiol groups is 1. The number of carbonyl (C=O) groups excluding carboxylic acids is 1. The van der Waals surface area contributed by atoms with Crippen LogP contribution in [0.4, 0.5) is 10.5 Å². The van der Waals surface area contributed by atoms with Gasteiger partial charge < -0.3 is 10.3 Å². The van der Waals surface area contributed by atoms with Crippen LogP contribution >= 0.6 is 12.6 Å². The van der Waals surface area contributed by atoms with Gasteiger partial charge in [-0.3, -0.25) is 0 Å². The number of rotatable bonds is 2. The lowest BCUT2D eigenvalue weighted by Gasteiger charge is -2.01. The Bertz CT molecular complexity index is 603. The minimum absolute atomic E-state index is 0.574. The maximum atomic E-state index is 10.6. The number of aromatic nitrogens is 1. The smallest absolute Gasteiger partial charge is 0.348 e. The molecular weight excluding hydrogens is 236 g/mol. The van der Waals surface area contributed by atoms with Gasteiger partial charge in [-0.05, 0) is 13.0 Å². The standard InChI is InChI=1S/C11H12N4OS/c1-2-15-8-6-4-3-5-7(8)9(10(15)17)13-14-11(12)16/h3-6,17H,2H2,1H3,(H2,12,16). The quantitative estimate of drug-likeness (QED) is 0.622. The number of azo groups is 1. The first kappa shape index (κ1) is 11.7. The number of hydrogen-bond donors (Lipinski definition) is 2. The average molecular weight is 248 g/mol. The van der Waals surface area contributed by atoms with Gasteiger partial charge in [0.05, 0.1) is 5.52 Å². The van der Waals surface area contributed by atoms with Crippen molar-refractivity contribution in [2.45, 2.75) is 18.5 Å². The number of nitrogens with zero attached hydrogens (tertiary/aromatic N) is 3. The fourth-order valence-corrected chi connectivity index (χ4v) is 2.20. The minimum Gasteiger partial charge on any atom is -0.348 e. The predicted octanol–water partition coefficient (Wildman–Crippen LogP) is 3.11. The third-order valence-corrected chi connectivity index (χ3v) is 2.94. The molecule has 0 atom stereocenters. The van der Waals surface area contributed by atoms with E-state index in [-0.39, 0.29) is 0 Å². The highest BCUT2D eigenvalue weighted by Gasteiger charge is 2.13. The molecule has 0 unspecified atom stereocenters. The average Bonchev–Trinajstić information content (AvgIpc) is 2.58. The van der Waals surface area contributed by atoms with Gasteiger partial charge in [0.15, 0.2) is 0 Å². The van der Waals surface area contributed by atoms with E-state index in [1.54, 1.807) is 0 Å². The zero-order valence-corrected chi connectivity index (χ0v) is 10.2. The Hall–Kier alpha value is -1.82. The van der Waals surface area contributed by atoms with Crippen LogP contribution in [-0.2, 0) is 6.54 Å². The number of nitrogens with two attached hydrogens (primary N) is 1. The van der Waals surface area contributed by atoms with Crippen LogP contribution in [0, 0.1) is 0 Å². The Labute approximate surface area is 104 Å². The molecule has 0 aliphatic heterocycles. The van der Waals surface area contributed by atoms with E-state index in [1.165, 1.54) is 0 Å². The molecule has 2 aromatic rings. The van der Waals surface area contributed by atoms with Crippen molar-refractivity contribution >= 4 is 35.3 Å². The van der Waals surface area contributed by atoms with Crippen LogP contribution in [-0.4, -0.2) is 10.6 Å². The molecule has 1 aromatic heterocycles. The maximum Gasteiger partial charge on any atom is 0.356 e. The number of para-hydroxylation sites is 1. The first-order valence-corrected chi connectivity index (χ1v) is 5.61. The van der Waals surface area contributed by atoms with Gasteiger partial charge in [-0.2, -0.15) is 0 Å². The second kappa shape index (κ2) is 4.58. The number of urea groups is 1. The molecule has 5 nitrogen and oxygen atoms in total. The van der Waals surface area contributed by atoms with Gasteiger partial charge in [0, 0.05) is 11.9 Å². The largest absolute Gasteiger partial charge is 0.356 e. The molecule has 88 valence electrons. The van der Waals surface area contributed by atoms with E-state index in [1.807, 2.05) is 35.8 Å². The second-order valence-corrected chi connectivity index (χ2v) is 3.90. The second-order valence-electron chi connectivity index (χ2n) is 3.47. The Morgan fingerprint density at radius 2 is 2.18 bits per heavy atom. The van der Waals surface area contributed by atoms with Gasteiger partial charge in [0.2, 0.25) is 0 Å². The molecule has 0 saturated heterocycles. The lowest BCUT2D eigenvalue weighted by atomic mass is 10.2. The number of hydrogen-bond acceptors (Lipinski definition) is 3. The van der Waals surface area contributed by atoms with Crippen molar-refractivity contribution in [3.8, 4) is 0 Å². The van der Waals surface area contributed by atoms with Crippen LogP contribution < -0.4 is 5.73 Å². The highest BCUT2D eigenvalue weighted by atomic mass is 32.1. The summed E-state index contributed by atoms with van der Waals surface area (Å²) in [5, 5.41) is 8.80. The van der Waals surface area contributed by atoms with Crippen molar-refractivity contribution in [2.24, 2.45) is 16.0 Å². The summed E-state index contributed by atoms with van der Waals surface area (Å²) >= 11 is 4.41. The summed E-state index contributed by atoms with van der Waals surface area (Å²) in [6, 6.07) is 6.92. The Balaban J connectivity index is 2.70. The summed E-state index contributed by atoms with van der Waals surface area (Å²) in [7, 11) is 0. The van der Waals surface area contributed by atoms with Gasteiger partial charge in [-0.1, -0.05) is 23.3 Å². The van der Waals surface area contributed by atoms with Crippen LogP contribution in [0.15, 0.2) is 39.5 Å². The normalized spacial score (nSPS) is 11.4. The molecule has 0 aliphatic rings.